The first-order valence-electron chi connectivity index (χ1n) is 8.46. The van der Waals surface area contributed by atoms with Crippen LogP contribution in [0, 0.1) is 0 Å². The molecule has 2 aromatic rings. The molecule has 2 aromatic heterocycles. The number of nitrogens with zero attached hydrogens (tertiary/aromatic N) is 4. The van der Waals surface area contributed by atoms with Crippen molar-refractivity contribution in [2.24, 2.45) is 0 Å². The monoisotopic (exact) mass is 569 g/mol. The van der Waals surface area contributed by atoms with Crippen molar-refractivity contribution in [3.05, 3.63) is 6.33 Å². The molecule has 0 amide bonds. The molecule has 0 saturated carbocycles. The molecule has 0 spiro atoms. The second kappa shape index (κ2) is 9.81. The second-order valence-corrected chi connectivity index (χ2v) is 12.9. The van der Waals surface area contributed by atoms with Gasteiger partial charge in [0.25, 0.3) is 0 Å². The van der Waals surface area contributed by atoms with Gasteiger partial charge in [-0.2, -0.15) is 4.31 Å². The summed E-state index contributed by atoms with van der Waals surface area (Å²) in [4.78, 5) is 48.7. The highest BCUT2D eigenvalue weighted by Crippen LogP contribution is 2.66. The molecule has 22 heteroatoms. The maximum absolute atomic E-state index is 11.6. The number of aliphatic hydroxyl groups is 2. The van der Waals surface area contributed by atoms with E-state index in [2.05, 4.69) is 35.4 Å². The third-order valence-corrected chi connectivity index (χ3v) is 9.31. The fraction of sp³-hybridized carbons (Fsp3) is 0.545. The lowest BCUT2D eigenvalue weighted by molar-refractivity contribution is -0.0486. The molecule has 0 aliphatic carbocycles. The summed E-state index contributed by atoms with van der Waals surface area (Å²) in [6.45, 7) is -5.37. The van der Waals surface area contributed by atoms with Gasteiger partial charge >= 0.3 is 22.4 Å². The molecule has 17 nitrogen and oxygen atoms in total. The number of ether oxygens (including phenoxy) is 1. The number of rotatable bonds is 9. The molecule has 1 aliphatic heterocycles. The standard InChI is InChI=1S/C11H18N5O12P3S2/c1-33-11-14-8(12)5-9(15-11)16(3-13-5)10-7(18)6(17)4(26-10)2-25-31(24,32)28-30(22,23)27-29(19,20)21/h3-4,6-7,10,17-18H,2H2,1H3,(H,22,23)(H,24,32)(H2,12,14,15)(H2,19,20,21)/t4-,6-,7-,10-,31?/m1/s1. The van der Waals surface area contributed by atoms with Gasteiger partial charge in [-0.25, -0.2) is 28.4 Å². The Hall–Kier alpha value is -0.590. The van der Waals surface area contributed by atoms with Gasteiger partial charge in [-0.15, -0.1) is 0 Å². The predicted molar refractivity (Wildman–Crippen MR) is 114 cm³/mol. The number of nitrogens with two attached hydrogens (primary N) is 1. The first kappa shape index (κ1) is 27.0. The maximum Gasteiger partial charge on any atom is 0.488 e. The molecule has 1 aliphatic rings. The van der Waals surface area contributed by atoms with Gasteiger partial charge in [-0.1, -0.05) is 11.8 Å². The Kier molecular flexibility index (Phi) is 8.03. The van der Waals surface area contributed by atoms with Crippen LogP contribution in [0.3, 0.4) is 0 Å². The summed E-state index contributed by atoms with van der Waals surface area (Å²) in [5.74, 6) is 0.0834. The van der Waals surface area contributed by atoms with E-state index >= 15 is 0 Å². The topological polar surface area (TPSA) is 262 Å². The van der Waals surface area contributed by atoms with Crippen molar-refractivity contribution >= 4 is 62.9 Å². The van der Waals surface area contributed by atoms with Gasteiger partial charge in [0.15, 0.2) is 22.8 Å². The number of aliphatic hydroxyl groups excluding tert-OH is 2. The van der Waals surface area contributed by atoms with Gasteiger partial charge in [-0.05, 0) is 18.1 Å². The summed E-state index contributed by atoms with van der Waals surface area (Å²) in [5.41, 5.74) is 6.28. The van der Waals surface area contributed by atoms with Gasteiger partial charge in [0.1, 0.15) is 23.8 Å². The average Bonchev–Trinajstić information content (AvgIpc) is 3.19. The highest BCUT2D eigenvalue weighted by Gasteiger charge is 2.46. The maximum atomic E-state index is 11.6. The minimum Gasteiger partial charge on any atom is -0.387 e. The summed E-state index contributed by atoms with van der Waals surface area (Å²) in [7, 11) is -11.0. The van der Waals surface area contributed by atoms with Crippen molar-refractivity contribution in [2.45, 2.75) is 29.7 Å². The van der Waals surface area contributed by atoms with E-state index < -0.39 is 53.5 Å². The molecule has 0 radical (unpaired) electrons. The fourth-order valence-electron chi connectivity index (χ4n) is 2.76. The summed E-state index contributed by atoms with van der Waals surface area (Å²) < 4.78 is 41.6. The molecule has 1 saturated heterocycles. The van der Waals surface area contributed by atoms with Crippen LogP contribution in [-0.4, -0.2) is 80.5 Å². The van der Waals surface area contributed by atoms with Crippen LogP contribution >= 0.6 is 34.1 Å². The quantitative estimate of drug-likeness (QED) is 0.111. The molecule has 1 fully saturated rings. The molecule has 3 heterocycles. The van der Waals surface area contributed by atoms with E-state index in [9.17, 15) is 29.1 Å². The normalized spacial score (nSPS) is 27.5. The number of nitrogen functional groups attached to an aromatic ring is 1. The van der Waals surface area contributed by atoms with Gasteiger partial charge in [0.2, 0.25) is 0 Å². The SMILES string of the molecule is CSc1nc(N)c2ncn([C@@H]3O[C@H](COP(O)(=S)OP(=O)(O)OP(=O)(O)O)[C@@H](O)[C@H]3O)c2n1. The van der Waals surface area contributed by atoms with Crippen molar-refractivity contribution in [3.8, 4) is 0 Å². The molecule has 8 N–H and O–H groups in total. The van der Waals surface area contributed by atoms with E-state index in [0.29, 0.717) is 5.16 Å². The first-order valence-corrected chi connectivity index (χ1v) is 15.3. The number of thioether (sulfide) groups is 1. The number of aromatic nitrogens is 4. The largest absolute Gasteiger partial charge is 0.488 e. The third-order valence-electron chi connectivity index (χ3n) is 4.04. The van der Waals surface area contributed by atoms with Crippen LogP contribution in [-0.2, 0) is 38.8 Å². The van der Waals surface area contributed by atoms with Gasteiger partial charge < -0.3 is 44.8 Å². The van der Waals surface area contributed by atoms with E-state index in [1.54, 1.807) is 6.26 Å². The minimum atomic E-state index is -5.50. The lowest BCUT2D eigenvalue weighted by atomic mass is 10.1. The second-order valence-electron chi connectivity index (χ2n) is 6.35. The molecule has 6 atom stereocenters. The van der Waals surface area contributed by atoms with Crippen LogP contribution in [0.4, 0.5) is 5.82 Å². The number of fused-ring (bicyclic) bond motifs is 1. The molecule has 0 bridgehead atoms. The number of imidazole rings is 1. The zero-order valence-corrected chi connectivity index (χ0v) is 20.6. The van der Waals surface area contributed by atoms with Crippen LogP contribution in [0.25, 0.3) is 11.2 Å². The molecule has 186 valence electrons. The number of hydrogen-bond donors (Lipinski definition) is 7. The molecular weight excluding hydrogens is 551 g/mol. The summed E-state index contributed by atoms with van der Waals surface area (Å²) >= 11 is 5.71. The van der Waals surface area contributed by atoms with Crippen LogP contribution in [0.15, 0.2) is 11.5 Å². The summed E-state index contributed by atoms with van der Waals surface area (Å²) in [5, 5.41) is 21.1. The zero-order valence-electron chi connectivity index (χ0n) is 16.3. The van der Waals surface area contributed by atoms with Crippen LogP contribution in [0.2, 0.25) is 0 Å². The Bertz CT molecular complexity index is 1180. The van der Waals surface area contributed by atoms with E-state index in [1.165, 1.54) is 22.7 Å². The van der Waals surface area contributed by atoms with E-state index in [4.69, 9.17) is 24.8 Å². The molecule has 0 aromatic carbocycles. The van der Waals surface area contributed by atoms with Crippen LogP contribution < -0.4 is 5.73 Å². The van der Waals surface area contributed by atoms with E-state index in [1.807, 2.05) is 0 Å². The molecule has 2 unspecified atom stereocenters. The van der Waals surface area contributed by atoms with Crippen LogP contribution in [0.1, 0.15) is 6.23 Å². The third kappa shape index (κ3) is 6.55. The Morgan fingerprint density at radius 2 is 1.88 bits per heavy atom. The van der Waals surface area contributed by atoms with Crippen molar-refractivity contribution in [1.82, 2.24) is 19.5 Å². The van der Waals surface area contributed by atoms with E-state index in [0.717, 1.165) is 0 Å². The molecule has 3 rings (SSSR count). The van der Waals surface area contributed by atoms with Crippen molar-refractivity contribution in [1.29, 1.82) is 0 Å². The molecular formula is C11H18N5O12P3S2. The Labute approximate surface area is 194 Å². The highest BCUT2D eigenvalue weighted by molar-refractivity contribution is 8.08. The number of hydrogen-bond acceptors (Lipinski definition) is 14. The lowest BCUT2D eigenvalue weighted by Crippen LogP contribution is -2.33. The fourth-order valence-corrected chi connectivity index (χ4v) is 7.10. The smallest absolute Gasteiger partial charge is 0.387 e. The number of anilines is 1. The van der Waals surface area contributed by atoms with Gasteiger partial charge in [-0.3, -0.25) is 4.57 Å². The summed E-state index contributed by atoms with van der Waals surface area (Å²) in [6.07, 6.45) is -2.72. The Balaban J connectivity index is 1.73. The van der Waals surface area contributed by atoms with Crippen molar-refractivity contribution in [3.63, 3.8) is 0 Å². The van der Waals surface area contributed by atoms with Gasteiger partial charge in [0.05, 0.1) is 12.9 Å². The van der Waals surface area contributed by atoms with Gasteiger partial charge in [0, 0.05) is 0 Å². The summed E-state index contributed by atoms with van der Waals surface area (Å²) in [6, 6.07) is 0. The van der Waals surface area contributed by atoms with Crippen molar-refractivity contribution < 1.29 is 56.8 Å². The number of phosphoric acid groups is 2. The lowest BCUT2D eigenvalue weighted by Gasteiger charge is -2.21. The average molecular weight is 569 g/mol. The predicted octanol–water partition coefficient (Wildman–Crippen LogP) is -0.791. The van der Waals surface area contributed by atoms with Crippen molar-refractivity contribution in [2.75, 3.05) is 18.6 Å². The minimum absolute atomic E-state index is 0.0834. The zero-order chi connectivity index (χ0) is 24.8. The van der Waals surface area contributed by atoms with E-state index in [-0.39, 0.29) is 17.0 Å². The Morgan fingerprint density at radius 1 is 1.21 bits per heavy atom. The van der Waals surface area contributed by atoms with Crippen LogP contribution in [0.5, 0.6) is 0 Å². The Morgan fingerprint density at radius 3 is 2.48 bits per heavy atom. The highest BCUT2D eigenvalue weighted by atomic mass is 32.5. The molecule has 33 heavy (non-hydrogen) atoms. The first-order chi connectivity index (χ1) is 15.1.